The fourth-order valence-electron chi connectivity index (χ4n) is 3.55. The van der Waals surface area contributed by atoms with Crippen molar-refractivity contribution in [1.82, 2.24) is 24.5 Å². The SMILES string of the molecule is COc1cc(CC(=O)N2CCN(c3cc(C)n4cnnc4n3)CC2)cc(OC)c1. The van der Waals surface area contributed by atoms with E-state index in [9.17, 15) is 4.79 Å². The third-order valence-electron chi connectivity index (χ3n) is 5.19. The molecule has 0 aliphatic carbocycles. The molecule has 3 aromatic rings. The zero-order valence-electron chi connectivity index (χ0n) is 16.8. The first-order valence-electron chi connectivity index (χ1n) is 9.49. The second-order valence-electron chi connectivity index (χ2n) is 7.02. The number of amides is 1. The van der Waals surface area contributed by atoms with Gasteiger partial charge < -0.3 is 19.3 Å². The summed E-state index contributed by atoms with van der Waals surface area (Å²) in [5.74, 6) is 2.92. The van der Waals surface area contributed by atoms with Crippen LogP contribution in [0.1, 0.15) is 11.3 Å². The number of aromatic nitrogens is 4. The van der Waals surface area contributed by atoms with Crippen LogP contribution in [0.3, 0.4) is 0 Å². The molecule has 29 heavy (non-hydrogen) atoms. The molecule has 1 fully saturated rings. The summed E-state index contributed by atoms with van der Waals surface area (Å²) in [7, 11) is 3.21. The highest BCUT2D eigenvalue weighted by Crippen LogP contribution is 2.23. The smallest absolute Gasteiger partial charge is 0.256 e. The van der Waals surface area contributed by atoms with Gasteiger partial charge in [-0.3, -0.25) is 9.20 Å². The quantitative estimate of drug-likeness (QED) is 0.643. The topological polar surface area (TPSA) is 85.1 Å². The van der Waals surface area contributed by atoms with Crippen LogP contribution in [0.15, 0.2) is 30.6 Å². The third kappa shape index (κ3) is 3.94. The lowest BCUT2D eigenvalue weighted by atomic mass is 10.1. The van der Waals surface area contributed by atoms with E-state index in [0.717, 1.165) is 30.2 Å². The molecule has 0 atom stereocenters. The predicted octanol–water partition coefficient (Wildman–Crippen LogP) is 1.34. The maximum Gasteiger partial charge on any atom is 0.256 e. The van der Waals surface area contributed by atoms with Crippen molar-refractivity contribution >= 4 is 17.5 Å². The molecule has 0 N–H and O–H groups in total. The van der Waals surface area contributed by atoms with Gasteiger partial charge in [-0.25, -0.2) is 0 Å². The number of ether oxygens (including phenoxy) is 2. The first kappa shape index (κ1) is 19.0. The Hall–Kier alpha value is -3.36. The van der Waals surface area contributed by atoms with E-state index in [1.807, 2.05) is 34.4 Å². The fraction of sp³-hybridized carbons (Fsp3) is 0.400. The van der Waals surface area contributed by atoms with Gasteiger partial charge in [0.2, 0.25) is 5.91 Å². The number of aryl methyl sites for hydroxylation is 1. The molecule has 1 aliphatic heterocycles. The minimum absolute atomic E-state index is 0.0944. The zero-order valence-corrected chi connectivity index (χ0v) is 16.8. The molecule has 3 heterocycles. The molecule has 9 heteroatoms. The van der Waals surface area contributed by atoms with Gasteiger partial charge in [-0.05, 0) is 24.6 Å². The molecule has 0 saturated carbocycles. The van der Waals surface area contributed by atoms with E-state index in [-0.39, 0.29) is 5.91 Å². The summed E-state index contributed by atoms with van der Waals surface area (Å²) in [4.78, 5) is 21.4. The molecule has 9 nitrogen and oxygen atoms in total. The normalized spacial score (nSPS) is 14.3. The molecule has 0 radical (unpaired) electrons. The molecular formula is C20H24N6O3. The number of fused-ring (bicyclic) bond motifs is 1. The Bertz CT molecular complexity index is 1000. The second kappa shape index (κ2) is 7.94. The molecule has 0 bridgehead atoms. The van der Waals surface area contributed by atoms with Crippen LogP contribution in [0.4, 0.5) is 5.82 Å². The van der Waals surface area contributed by atoms with Gasteiger partial charge in [-0.2, -0.15) is 4.98 Å². The number of hydrogen-bond donors (Lipinski definition) is 0. The average molecular weight is 396 g/mol. The molecule has 1 aliphatic rings. The first-order chi connectivity index (χ1) is 14.1. The summed E-state index contributed by atoms with van der Waals surface area (Å²) in [5.41, 5.74) is 1.91. The summed E-state index contributed by atoms with van der Waals surface area (Å²) in [6.07, 6.45) is 1.97. The lowest BCUT2D eigenvalue weighted by Gasteiger charge is -2.35. The van der Waals surface area contributed by atoms with Crippen molar-refractivity contribution in [3.8, 4) is 11.5 Å². The number of rotatable bonds is 5. The Morgan fingerprint density at radius 1 is 1.03 bits per heavy atom. The van der Waals surface area contributed by atoms with Gasteiger partial charge in [-0.1, -0.05) is 0 Å². The average Bonchev–Trinajstić information content (AvgIpc) is 3.23. The molecule has 1 amide bonds. The van der Waals surface area contributed by atoms with E-state index in [0.29, 0.717) is 36.8 Å². The lowest BCUT2D eigenvalue weighted by molar-refractivity contribution is -0.130. The molecule has 4 rings (SSSR count). The van der Waals surface area contributed by atoms with Crippen LogP contribution in [0, 0.1) is 6.92 Å². The molecule has 0 spiro atoms. The fourth-order valence-corrected chi connectivity index (χ4v) is 3.55. The monoisotopic (exact) mass is 396 g/mol. The van der Waals surface area contributed by atoms with E-state index < -0.39 is 0 Å². The van der Waals surface area contributed by atoms with E-state index in [2.05, 4.69) is 20.1 Å². The molecular weight excluding hydrogens is 372 g/mol. The maximum absolute atomic E-state index is 12.8. The highest BCUT2D eigenvalue weighted by Gasteiger charge is 2.23. The van der Waals surface area contributed by atoms with Crippen molar-refractivity contribution in [2.24, 2.45) is 0 Å². The number of methoxy groups -OCH3 is 2. The van der Waals surface area contributed by atoms with Crippen molar-refractivity contribution in [2.45, 2.75) is 13.3 Å². The van der Waals surface area contributed by atoms with Crippen molar-refractivity contribution in [3.63, 3.8) is 0 Å². The molecule has 2 aromatic heterocycles. The second-order valence-corrected chi connectivity index (χ2v) is 7.02. The van der Waals surface area contributed by atoms with Crippen LogP contribution >= 0.6 is 0 Å². The van der Waals surface area contributed by atoms with Gasteiger partial charge in [-0.15, -0.1) is 10.2 Å². The van der Waals surface area contributed by atoms with Crippen molar-refractivity contribution in [2.75, 3.05) is 45.3 Å². The first-order valence-corrected chi connectivity index (χ1v) is 9.49. The Kier molecular flexibility index (Phi) is 5.20. The minimum Gasteiger partial charge on any atom is -0.497 e. The van der Waals surface area contributed by atoms with Gasteiger partial charge >= 0.3 is 0 Å². The summed E-state index contributed by atoms with van der Waals surface area (Å²) in [6.45, 7) is 4.76. The van der Waals surface area contributed by atoms with Crippen LogP contribution < -0.4 is 14.4 Å². The number of benzene rings is 1. The van der Waals surface area contributed by atoms with Crippen molar-refractivity contribution in [1.29, 1.82) is 0 Å². The standard InChI is InChI=1S/C20H24N6O3/c1-14-8-18(22-20-23-21-13-26(14)20)24-4-6-25(7-5-24)19(27)11-15-9-16(28-2)12-17(10-15)29-3/h8-10,12-13H,4-7,11H2,1-3H3. The predicted molar refractivity (Wildman–Crippen MR) is 108 cm³/mol. The Labute approximate surface area is 168 Å². The number of carbonyl (C=O) groups is 1. The maximum atomic E-state index is 12.8. The van der Waals surface area contributed by atoms with Crippen LogP contribution in [0.5, 0.6) is 11.5 Å². The van der Waals surface area contributed by atoms with E-state index in [1.165, 1.54) is 0 Å². The van der Waals surface area contributed by atoms with E-state index in [4.69, 9.17) is 9.47 Å². The van der Waals surface area contributed by atoms with Crippen LogP contribution in [0.25, 0.3) is 5.78 Å². The van der Waals surface area contributed by atoms with Gasteiger partial charge in [0.15, 0.2) is 0 Å². The summed E-state index contributed by atoms with van der Waals surface area (Å²) in [5, 5.41) is 7.95. The largest absolute Gasteiger partial charge is 0.497 e. The van der Waals surface area contributed by atoms with Crippen molar-refractivity contribution < 1.29 is 14.3 Å². The molecule has 152 valence electrons. The van der Waals surface area contributed by atoms with Gasteiger partial charge in [0, 0.05) is 44.0 Å². The Balaban J connectivity index is 1.40. The lowest BCUT2D eigenvalue weighted by Crippen LogP contribution is -2.49. The third-order valence-corrected chi connectivity index (χ3v) is 5.19. The number of carbonyl (C=O) groups excluding carboxylic acids is 1. The minimum atomic E-state index is 0.0944. The van der Waals surface area contributed by atoms with Crippen LogP contribution in [-0.2, 0) is 11.2 Å². The summed E-state index contributed by atoms with van der Waals surface area (Å²) >= 11 is 0. The number of nitrogens with zero attached hydrogens (tertiary/aromatic N) is 6. The number of piperazine rings is 1. The van der Waals surface area contributed by atoms with Crippen LogP contribution in [-0.4, -0.2) is 70.8 Å². The highest BCUT2D eigenvalue weighted by molar-refractivity contribution is 5.79. The van der Waals surface area contributed by atoms with Gasteiger partial charge in [0.05, 0.1) is 20.6 Å². The van der Waals surface area contributed by atoms with Crippen LogP contribution in [0.2, 0.25) is 0 Å². The Morgan fingerprint density at radius 3 is 2.38 bits per heavy atom. The molecule has 0 unspecified atom stereocenters. The Morgan fingerprint density at radius 2 is 1.72 bits per heavy atom. The highest BCUT2D eigenvalue weighted by atomic mass is 16.5. The zero-order chi connectivity index (χ0) is 20.4. The molecule has 1 aromatic carbocycles. The van der Waals surface area contributed by atoms with E-state index in [1.54, 1.807) is 26.6 Å². The number of anilines is 1. The summed E-state index contributed by atoms with van der Waals surface area (Å²) < 4.78 is 12.4. The summed E-state index contributed by atoms with van der Waals surface area (Å²) in [6, 6.07) is 7.57. The van der Waals surface area contributed by atoms with Gasteiger partial charge in [0.25, 0.3) is 5.78 Å². The number of hydrogen-bond acceptors (Lipinski definition) is 7. The van der Waals surface area contributed by atoms with Gasteiger partial charge in [0.1, 0.15) is 23.6 Å². The van der Waals surface area contributed by atoms with E-state index >= 15 is 0 Å². The molecule has 1 saturated heterocycles. The van der Waals surface area contributed by atoms with Crippen molar-refractivity contribution in [3.05, 3.63) is 41.9 Å².